The summed E-state index contributed by atoms with van der Waals surface area (Å²) < 4.78 is 1.68. The van der Waals surface area contributed by atoms with Gasteiger partial charge in [0.1, 0.15) is 5.82 Å². The molecule has 0 bridgehead atoms. The summed E-state index contributed by atoms with van der Waals surface area (Å²) in [5, 5.41) is 9.28. The van der Waals surface area contributed by atoms with Gasteiger partial charge in [-0.3, -0.25) is 0 Å². The maximum Gasteiger partial charge on any atom is 0.356 e. The molecule has 1 aromatic heterocycles. The van der Waals surface area contributed by atoms with Gasteiger partial charge in [0.15, 0.2) is 11.5 Å². The first-order chi connectivity index (χ1) is 9.00. The van der Waals surface area contributed by atoms with Gasteiger partial charge in [-0.1, -0.05) is 44.2 Å². The summed E-state index contributed by atoms with van der Waals surface area (Å²) in [4.78, 5) is 15.5. The van der Waals surface area contributed by atoms with Gasteiger partial charge in [0, 0.05) is 12.5 Å². The van der Waals surface area contributed by atoms with E-state index in [2.05, 4.69) is 4.98 Å². The van der Waals surface area contributed by atoms with Gasteiger partial charge in [-0.15, -0.1) is 0 Å². The van der Waals surface area contributed by atoms with E-state index in [1.807, 2.05) is 44.2 Å². The van der Waals surface area contributed by atoms with Crippen LogP contribution >= 0.6 is 0 Å². The SMILES string of the molecule is CC(C)c1nc(N)c(C(=O)O)n1Cc1ccccc1. The smallest absolute Gasteiger partial charge is 0.356 e. The fourth-order valence-corrected chi connectivity index (χ4v) is 2.08. The van der Waals surface area contributed by atoms with Gasteiger partial charge in [0.25, 0.3) is 0 Å². The number of carboxylic acid groups (broad SMARTS) is 1. The highest BCUT2D eigenvalue weighted by molar-refractivity contribution is 5.91. The molecule has 5 heteroatoms. The highest BCUT2D eigenvalue weighted by atomic mass is 16.4. The Morgan fingerprint density at radius 3 is 2.53 bits per heavy atom. The molecule has 1 aromatic carbocycles. The molecule has 19 heavy (non-hydrogen) atoms. The van der Waals surface area contributed by atoms with Crippen LogP contribution in [0.25, 0.3) is 0 Å². The Kier molecular flexibility index (Phi) is 3.55. The highest BCUT2D eigenvalue weighted by Gasteiger charge is 2.22. The van der Waals surface area contributed by atoms with E-state index in [0.29, 0.717) is 12.4 Å². The number of nitrogens with zero attached hydrogens (tertiary/aromatic N) is 2. The third-order valence-corrected chi connectivity index (χ3v) is 2.93. The lowest BCUT2D eigenvalue weighted by molar-refractivity contribution is 0.0686. The third-order valence-electron chi connectivity index (χ3n) is 2.93. The molecule has 0 spiro atoms. The van der Waals surface area contributed by atoms with Gasteiger partial charge >= 0.3 is 5.97 Å². The first kappa shape index (κ1) is 13.1. The summed E-state index contributed by atoms with van der Waals surface area (Å²) in [7, 11) is 0. The van der Waals surface area contributed by atoms with Crippen molar-refractivity contribution in [3.63, 3.8) is 0 Å². The minimum absolute atomic E-state index is 0.0625. The number of hydrogen-bond acceptors (Lipinski definition) is 3. The number of carboxylic acids is 1. The number of anilines is 1. The average molecular weight is 259 g/mol. The number of benzene rings is 1. The van der Waals surface area contributed by atoms with Crippen LogP contribution < -0.4 is 5.73 Å². The molecule has 0 saturated heterocycles. The number of imidazole rings is 1. The van der Waals surface area contributed by atoms with Crippen LogP contribution in [-0.2, 0) is 6.54 Å². The van der Waals surface area contributed by atoms with E-state index in [9.17, 15) is 9.90 Å². The van der Waals surface area contributed by atoms with E-state index in [4.69, 9.17) is 5.73 Å². The molecule has 2 rings (SSSR count). The van der Waals surface area contributed by atoms with E-state index in [1.54, 1.807) is 4.57 Å². The molecule has 5 nitrogen and oxygen atoms in total. The molecule has 3 N–H and O–H groups in total. The Morgan fingerprint density at radius 2 is 2.00 bits per heavy atom. The summed E-state index contributed by atoms with van der Waals surface area (Å²) in [5.41, 5.74) is 6.80. The lowest BCUT2D eigenvalue weighted by atomic mass is 10.2. The molecule has 0 aliphatic rings. The van der Waals surface area contributed by atoms with Crippen molar-refractivity contribution in [2.45, 2.75) is 26.3 Å². The normalized spacial score (nSPS) is 10.9. The Labute approximate surface area is 111 Å². The van der Waals surface area contributed by atoms with Crippen molar-refractivity contribution >= 4 is 11.8 Å². The number of nitrogen functional groups attached to an aromatic ring is 1. The maximum atomic E-state index is 11.3. The molecule has 2 aromatic rings. The standard InChI is InChI=1S/C14H17N3O2/c1-9(2)13-16-12(15)11(14(18)19)17(13)8-10-6-4-3-5-7-10/h3-7,9H,8,15H2,1-2H3,(H,18,19). The van der Waals surface area contributed by atoms with Gasteiger partial charge < -0.3 is 15.4 Å². The first-order valence-corrected chi connectivity index (χ1v) is 6.13. The molecule has 0 unspecified atom stereocenters. The maximum absolute atomic E-state index is 11.3. The number of rotatable bonds is 4. The van der Waals surface area contributed by atoms with Crippen molar-refractivity contribution in [3.05, 3.63) is 47.4 Å². The number of hydrogen-bond donors (Lipinski definition) is 2. The van der Waals surface area contributed by atoms with Crippen LogP contribution in [0, 0.1) is 0 Å². The van der Waals surface area contributed by atoms with E-state index < -0.39 is 5.97 Å². The summed E-state index contributed by atoms with van der Waals surface area (Å²) >= 11 is 0. The predicted molar refractivity (Wildman–Crippen MR) is 73.2 cm³/mol. The van der Waals surface area contributed by atoms with Crippen molar-refractivity contribution in [1.82, 2.24) is 9.55 Å². The predicted octanol–water partition coefficient (Wildman–Crippen LogP) is 2.34. The van der Waals surface area contributed by atoms with Gasteiger partial charge in [-0.05, 0) is 5.56 Å². The van der Waals surface area contributed by atoms with E-state index in [-0.39, 0.29) is 17.4 Å². The first-order valence-electron chi connectivity index (χ1n) is 6.13. The zero-order valence-corrected chi connectivity index (χ0v) is 11.0. The number of nitrogens with two attached hydrogens (primary N) is 1. The van der Waals surface area contributed by atoms with E-state index in [0.717, 1.165) is 5.56 Å². The summed E-state index contributed by atoms with van der Waals surface area (Å²) in [5.74, 6) is -0.169. The van der Waals surface area contributed by atoms with Crippen LogP contribution in [0.1, 0.15) is 41.6 Å². The van der Waals surface area contributed by atoms with Crippen molar-refractivity contribution in [2.75, 3.05) is 5.73 Å². The van der Waals surface area contributed by atoms with Crippen LogP contribution in [0.3, 0.4) is 0 Å². The molecule has 0 saturated carbocycles. The Balaban J connectivity index is 2.50. The van der Waals surface area contributed by atoms with Crippen LogP contribution in [0.5, 0.6) is 0 Å². The molecule has 0 amide bonds. The molecule has 100 valence electrons. The number of carbonyl (C=O) groups is 1. The lowest BCUT2D eigenvalue weighted by Gasteiger charge is -2.12. The third kappa shape index (κ3) is 2.59. The number of aromatic nitrogens is 2. The van der Waals surface area contributed by atoms with Gasteiger partial charge in [0.05, 0.1) is 0 Å². The Bertz CT molecular complexity index is 588. The van der Waals surface area contributed by atoms with Crippen LogP contribution in [0.2, 0.25) is 0 Å². The summed E-state index contributed by atoms with van der Waals surface area (Å²) in [6.45, 7) is 4.39. The van der Waals surface area contributed by atoms with Gasteiger partial charge in [-0.2, -0.15) is 0 Å². The summed E-state index contributed by atoms with van der Waals surface area (Å²) in [6, 6.07) is 9.67. The molecule has 0 fully saturated rings. The molecule has 0 aliphatic heterocycles. The van der Waals surface area contributed by atoms with E-state index in [1.165, 1.54) is 0 Å². The molecule has 0 radical (unpaired) electrons. The van der Waals surface area contributed by atoms with Gasteiger partial charge in [0.2, 0.25) is 0 Å². The van der Waals surface area contributed by atoms with Crippen molar-refractivity contribution in [3.8, 4) is 0 Å². The highest BCUT2D eigenvalue weighted by Crippen LogP contribution is 2.22. The zero-order valence-electron chi connectivity index (χ0n) is 11.0. The van der Waals surface area contributed by atoms with Gasteiger partial charge in [-0.25, -0.2) is 9.78 Å². The monoisotopic (exact) mass is 259 g/mol. The summed E-state index contributed by atoms with van der Waals surface area (Å²) in [6.07, 6.45) is 0. The number of aromatic carboxylic acids is 1. The lowest BCUT2D eigenvalue weighted by Crippen LogP contribution is -2.14. The molecular formula is C14H17N3O2. The minimum Gasteiger partial charge on any atom is -0.476 e. The van der Waals surface area contributed by atoms with Crippen LogP contribution in [-0.4, -0.2) is 20.6 Å². The van der Waals surface area contributed by atoms with Crippen molar-refractivity contribution in [2.24, 2.45) is 0 Å². The quantitative estimate of drug-likeness (QED) is 0.883. The second-order valence-electron chi connectivity index (χ2n) is 4.74. The van der Waals surface area contributed by atoms with Crippen LogP contribution in [0.15, 0.2) is 30.3 Å². The molecular weight excluding hydrogens is 242 g/mol. The second kappa shape index (κ2) is 5.14. The fraction of sp³-hybridized carbons (Fsp3) is 0.286. The second-order valence-corrected chi connectivity index (χ2v) is 4.74. The Hall–Kier alpha value is -2.30. The van der Waals surface area contributed by atoms with E-state index >= 15 is 0 Å². The molecule has 0 aliphatic carbocycles. The largest absolute Gasteiger partial charge is 0.476 e. The van der Waals surface area contributed by atoms with Crippen LogP contribution in [0.4, 0.5) is 5.82 Å². The van der Waals surface area contributed by atoms with Crippen molar-refractivity contribution < 1.29 is 9.90 Å². The Morgan fingerprint density at radius 1 is 1.37 bits per heavy atom. The minimum atomic E-state index is -1.05. The zero-order chi connectivity index (χ0) is 14.0. The topological polar surface area (TPSA) is 81.1 Å². The molecule has 0 atom stereocenters. The van der Waals surface area contributed by atoms with Crippen molar-refractivity contribution in [1.29, 1.82) is 0 Å². The average Bonchev–Trinajstić information content (AvgIpc) is 2.67. The molecule has 1 heterocycles. The fourth-order valence-electron chi connectivity index (χ4n) is 2.08.